The molecular weight excluding hydrogens is 308 g/mol. The lowest BCUT2D eigenvalue weighted by molar-refractivity contribution is -0.361. The molecule has 0 aliphatic carbocycles. The number of nitrogens with zero attached hydrogens (tertiary/aromatic N) is 2. The molecule has 0 bridgehead atoms. The summed E-state index contributed by atoms with van der Waals surface area (Å²) in [4.78, 5) is 3.82. The maximum absolute atomic E-state index is 12.4. The molecule has 20 heavy (non-hydrogen) atoms. The molecule has 0 amide bonds. The van der Waals surface area contributed by atoms with Gasteiger partial charge in [0.2, 0.25) is 0 Å². The summed E-state index contributed by atoms with van der Waals surface area (Å²) < 4.78 is 48.9. The van der Waals surface area contributed by atoms with Crippen molar-refractivity contribution < 1.29 is 26.0 Å². The van der Waals surface area contributed by atoms with Crippen LogP contribution >= 0.6 is 0 Å². The van der Waals surface area contributed by atoms with Crippen molar-refractivity contribution in [2.24, 2.45) is 4.99 Å². The van der Waals surface area contributed by atoms with Crippen LogP contribution in [0.2, 0.25) is 0 Å². The number of hydrogen-bond donors (Lipinski definition) is 3. The van der Waals surface area contributed by atoms with Gasteiger partial charge in [-0.25, -0.2) is 18.7 Å². The number of benzene rings is 1. The molecule has 0 radical (unpaired) electrons. The van der Waals surface area contributed by atoms with Gasteiger partial charge in [-0.3, -0.25) is 0 Å². The van der Waals surface area contributed by atoms with E-state index in [0.29, 0.717) is 0 Å². The second kappa shape index (κ2) is 5.28. The summed E-state index contributed by atoms with van der Waals surface area (Å²) >= 11 is 0. The predicted octanol–water partition coefficient (Wildman–Crippen LogP) is -1.33. The van der Waals surface area contributed by atoms with Crippen molar-refractivity contribution in [2.45, 2.75) is 9.79 Å². The highest BCUT2D eigenvalue weighted by molar-refractivity contribution is 7.91. The number of nitrogens with one attached hydrogen (secondary N) is 2. The third-order valence-corrected chi connectivity index (χ3v) is 5.51. The quantitative estimate of drug-likeness (QED) is 0.466. The van der Waals surface area contributed by atoms with E-state index >= 15 is 0 Å². The fraction of sp³-hybridized carbons (Fsp3) is 0.111. The van der Waals surface area contributed by atoms with E-state index in [1.54, 1.807) is 0 Å². The third-order valence-electron chi connectivity index (χ3n) is 2.45. The molecule has 0 unspecified atom stereocenters. The Labute approximate surface area is 115 Å². The van der Waals surface area contributed by atoms with Gasteiger partial charge in [-0.1, -0.05) is 17.0 Å². The van der Waals surface area contributed by atoms with Gasteiger partial charge in [0, 0.05) is 0 Å². The lowest BCUT2D eigenvalue weighted by atomic mass is 10.4. The normalized spacial score (nSPS) is 15.6. The minimum absolute atomic E-state index is 0.170. The molecule has 0 fully saturated rings. The zero-order chi connectivity index (χ0) is 14.8. The Morgan fingerprint density at radius 2 is 1.85 bits per heavy atom. The van der Waals surface area contributed by atoms with E-state index in [4.69, 9.17) is 5.21 Å². The Morgan fingerprint density at radius 1 is 1.20 bits per heavy atom. The molecule has 3 N–H and O–H groups in total. The summed E-state index contributed by atoms with van der Waals surface area (Å²) in [6.07, 6.45) is 2.46. The number of rotatable bonds is 4. The highest BCUT2D eigenvalue weighted by atomic mass is 32.2. The van der Waals surface area contributed by atoms with Crippen LogP contribution in [-0.4, -0.2) is 45.4 Å². The summed E-state index contributed by atoms with van der Waals surface area (Å²) in [5.41, 5.74) is 0. The Bertz CT molecular complexity index is 782. The van der Waals surface area contributed by atoms with E-state index in [1.807, 2.05) is 0 Å². The zero-order valence-electron chi connectivity index (χ0n) is 9.96. The van der Waals surface area contributed by atoms with Gasteiger partial charge in [0.25, 0.3) is 16.4 Å². The molecule has 1 aliphatic rings. The van der Waals surface area contributed by atoms with Crippen molar-refractivity contribution >= 4 is 32.7 Å². The second-order valence-electron chi connectivity index (χ2n) is 3.68. The summed E-state index contributed by atoms with van der Waals surface area (Å²) in [6.45, 7) is -0.170. The Kier molecular flexibility index (Phi) is 3.85. The van der Waals surface area contributed by atoms with Crippen molar-refractivity contribution in [3.8, 4) is 0 Å². The lowest BCUT2D eigenvalue weighted by Crippen LogP contribution is -2.33. The van der Waals surface area contributed by atoms with Crippen LogP contribution in [0, 0.1) is 0 Å². The van der Waals surface area contributed by atoms with E-state index in [1.165, 1.54) is 18.5 Å². The Hall–Kier alpha value is -1.82. The van der Waals surface area contributed by atoms with Crippen LogP contribution in [-0.2, 0) is 20.0 Å². The smallest absolute Gasteiger partial charge is 0.302 e. The van der Waals surface area contributed by atoms with Crippen LogP contribution in [0.1, 0.15) is 0 Å². The fourth-order valence-corrected chi connectivity index (χ4v) is 4.12. The van der Waals surface area contributed by atoms with Gasteiger partial charge in [0.1, 0.15) is 9.79 Å². The zero-order valence-corrected chi connectivity index (χ0v) is 11.6. The predicted molar refractivity (Wildman–Crippen MR) is 68.6 cm³/mol. The highest BCUT2D eigenvalue weighted by Crippen LogP contribution is 2.22. The molecule has 108 valence electrons. The molecule has 0 saturated carbocycles. The molecule has 0 aromatic heterocycles. The van der Waals surface area contributed by atoms with Crippen molar-refractivity contribution in [3.63, 3.8) is 0 Å². The first kappa shape index (κ1) is 14.6. The highest BCUT2D eigenvalue weighted by Gasteiger charge is 2.31. The number of hydrogen-bond acceptors (Lipinski definition) is 7. The minimum Gasteiger partial charge on any atom is -0.302 e. The average Bonchev–Trinajstić information content (AvgIpc) is 2.48. The summed E-state index contributed by atoms with van der Waals surface area (Å²) in [5.74, 6) is 0. The average molecular weight is 319 g/mol. The van der Waals surface area contributed by atoms with Crippen LogP contribution in [0.5, 0.6) is 0 Å². The van der Waals surface area contributed by atoms with E-state index in [9.17, 15) is 16.8 Å². The largest absolute Gasteiger partial charge is 0.333 e. The van der Waals surface area contributed by atoms with Gasteiger partial charge in [-0.05, 0) is 12.1 Å². The topological polar surface area (TPSA) is 128 Å². The van der Waals surface area contributed by atoms with Crippen LogP contribution in [0.15, 0.2) is 39.0 Å². The SMILES string of the molecule is O=S(=O)(NO)c1ccccc1S(=O)(=O)[N+]1=CNC=NC1. The molecular formula is C9H11N4O5S2+. The van der Waals surface area contributed by atoms with Crippen molar-refractivity contribution in [2.75, 3.05) is 6.67 Å². The van der Waals surface area contributed by atoms with Crippen LogP contribution < -0.4 is 10.2 Å². The van der Waals surface area contributed by atoms with E-state index in [-0.39, 0.29) is 6.67 Å². The van der Waals surface area contributed by atoms with Crippen LogP contribution in [0.4, 0.5) is 0 Å². The van der Waals surface area contributed by atoms with E-state index < -0.39 is 29.8 Å². The monoisotopic (exact) mass is 319 g/mol. The maximum atomic E-state index is 12.4. The molecule has 0 atom stereocenters. The summed E-state index contributed by atoms with van der Waals surface area (Å²) in [5, 5.41) is 11.2. The maximum Gasteiger partial charge on any atom is 0.333 e. The summed E-state index contributed by atoms with van der Waals surface area (Å²) in [6, 6.07) is 4.93. The first-order valence-electron chi connectivity index (χ1n) is 5.24. The minimum atomic E-state index is -4.32. The van der Waals surface area contributed by atoms with E-state index in [0.717, 1.165) is 27.3 Å². The second-order valence-corrected chi connectivity index (χ2v) is 7.17. The molecule has 1 aromatic rings. The van der Waals surface area contributed by atoms with Gasteiger partial charge in [-0.15, -0.1) is 3.98 Å². The molecule has 2 rings (SSSR count). The standard InChI is InChI=1S/C9H10N4O5S2/c14-12-19(15,16)8-3-1-2-4-9(8)20(17,18)13-6-10-5-11-7-13/h1-6,12,14H,7H2/p+1. The Balaban J connectivity index is 2.62. The fourth-order valence-electron chi connectivity index (χ4n) is 1.54. The summed E-state index contributed by atoms with van der Waals surface area (Å²) in [7, 11) is -8.44. The first-order chi connectivity index (χ1) is 9.39. The number of sulfonamides is 2. The molecule has 0 saturated heterocycles. The van der Waals surface area contributed by atoms with Gasteiger partial charge in [0.15, 0.2) is 13.0 Å². The lowest BCUT2D eigenvalue weighted by Gasteiger charge is -2.11. The van der Waals surface area contributed by atoms with Crippen molar-refractivity contribution in [3.05, 3.63) is 24.3 Å². The van der Waals surface area contributed by atoms with Gasteiger partial charge >= 0.3 is 10.0 Å². The Morgan fingerprint density at radius 3 is 2.40 bits per heavy atom. The van der Waals surface area contributed by atoms with Gasteiger partial charge in [-0.2, -0.15) is 8.42 Å². The van der Waals surface area contributed by atoms with Crippen LogP contribution in [0.25, 0.3) is 0 Å². The van der Waals surface area contributed by atoms with Gasteiger partial charge < -0.3 is 5.21 Å². The molecule has 0 spiro atoms. The third kappa shape index (κ3) is 2.56. The van der Waals surface area contributed by atoms with Crippen LogP contribution in [0.3, 0.4) is 0 Å². The molecule has 1 heterocycles. The molecule has 1 aliphatic heterocycles. The van der Waals surface area contributed by atoms with Gasteiger partial charge in [0.05, 0.1) is 0 Å². The van der Waals surface area contributed by atoms with Crippen molar-refractivity contribution in [1.82, 2.24) is 10.2 Å². The number of aliphatic imine (C=N–C) groups is 1. The first-order valence-corrected chi connectivity index (χ1v) is 8.16. The molecule has 11 heteroatoms. The van der Waals surface area contributed by atoms with E-state index in [2.05, 4.69) is 10.3 Å². The molecule has 1 aromatic carbocycles. The molecule has 9 nitrogen and oxygen atoms in total. The van der Waals surface area contributed by atoms with Crippen molar-refractivity contribution in [1.29, 1.82) is 0 Å².